The summed E-state index contributed by atoms with van der Waals surface area (Å²) in [6, 6.07) is 10.9. The second kappa shape index (κ2) is 5.23. The molecule has 0 aliphatic heterocycles. The monoisotopic (exact) mass is 278 g/mol. The summed E-state index contributed by atoms with van der Waals surface area (Å²) < 4.78 is 22.9. The number of hydrogen-bond acceptors (Lipinski definition) is 6. The van der Waals surface area contributed by atoms with Gasteiger partial charge < -0.3 is 11.1 Å². The van der Waals surface area contributed by atoms with Gasteiger partial charge in [0.25, 0.3) is 0 Å². The highest BCUT2D eigenvalue weighted by atomic mass is 32.2. The van der Waals surface area contributed by atoms with Crippen LogP contribution in [0.4, 0.5) is 11.8 Å². The Labute approximate surface area is 111 Å². The van der Waals surface area contributed by atoms with E-state index < -0.39 is 9.84 Å². The Balaban J connectivity index is 2.19. The standard InChI is InChI=1S/C12H14N4O2S/c1-19(17,18)11-7-10(13)15-12(16-11)14-8-9-5-3-2-4-6-9/h2-7H,8H2,1H3,(H3,13,14,15,16). The van der Waals surface area contributed by atoms with Gasteiger partial charge >= 0.3 is 0 Å². The lowest BCUT2D eigenvalue weighted by Gasteiger charge is -2.07. The Hall–Kier alpha value is -2.15. The molecule has 100 valence electrons. The number of aromatic nitrogens is 2. The van der Waals surface area contributed by atoms with Crippen LogP contribution in [0.25, 0.3) is 0 Å². The van der Waals surface area contributed by atoms with Crippen molar-refractivity contribution in [2.24, 2.45) is 0 Å². The number of anilines is 2. The van der Waals surface area contributed by atoms with Crippen LogP contribution in [0.3, 0.4) is 0 Å². The lowest BCUT2D eigenvalue weighted by molar-refractivity contribution is 0.598. The van der Waals surface area contributed by atoms with Crippen LogP contribution in [0.5, 0.6) is 0 Å². The molecule has 0 spiro atoms. The maximum Gasteiger partial charge on any atom is 0.226 e. The minimum absolute atomic E-state index is 0.0874. The van der Waals surface area contributed by atoms with Gasteiger partial charge in [-0.25, -0.2) is 13.4 Å². The van der Waals surface area contributed by atoms with Gasteiger partial charge in [0.2, 0.25) is 5.95 Å². The molecule has 19 heavy (non-hydrogen) atoms. The third-order valence-corrected chi connectivity index (χ3v) is 3.36. The van der Waals surface area contributed by atoms with Crippen molar-refractivity contribution in [3.05, 3.63) is 42.0 Å². The quantitative estimate of drug-likeness (QED) is 0.812. The second-order valence-corrected chi connectivity index (χ2v) is 6.03. The molecule has 0 saturated heterocycles. The highest BCUT2D eigenvalue weighted by Gasteiger charge is 2.12. The molecule has 1 aromatic heterocycles. The molecule has 0 aliphatic carbocycles. The summed E-state index contributed by atoms with van der Waals surface area (Å²) in [5.74, 6) is 0.315. The van der Waals surface area contributed by atoms with Gasteiger partial charge in [-0.1, -0.05) is 30.3 Å². The molecular weight excluding hydrogens is 264 g/mol. The zero-order valence-corrected chi connectivity index (χ0v) is 11.2. The summed E-state index contributed by atoms with van der Waals surface area (Å²) >= 11 is 0. The Morgan fingerprint density at radius 2 is 1.89 bits per heavy atom. The van der Waals surface area contributed by atoms with Crippen LogP contribution in [0.1, 0.15) is 5.56 Å². The van der Waals surface area contributed by atoms with Crippen LogP contribution in [0.2, 0.25) is 0 Å². The Morgan fingerprint density at radius 3 is 2.53 bits per heavy atom. The van der Waals surface area contributed by atoms with Crippen molar-refractivity contribution in [2.45, 2.75) is 11.6 Å². The van der Waals surface area contributed by atoms with Crippen LogP contribution in [-0.2, 0) is 16.4 Å². The van der Waals surface area contributed by atoms with E-state index >= 15 is 0 Å². The van der Waals surface area contributed by atoms with E-state index in [1.54, 1.807) is 0 Å². The smallest absolute Gasteiger partial charge is 0.226 e. The predicted molar refractivity (Wildman–Crippen MR) is 73.3 cm³/mol. The molecule has 1 aromatic carbocycles. The predicted octanol–water partition coefficient (Wildman–Crippen LogP) is 1.07. The fraction of sp³-hybridized carbons (Fsp3) is 0.167. The highest BCUT2D eigenvalue weighted by molar-refractivity contribution is 7.90. The molecule has 0 radical (unpaired) electrons. The minimum atomic E-state index is -3.40. The average molecular weight is 278 g/mol. The van der Waals surface area contributed by atoms with Crippen LogP contribution in [0.15, 0.2) is 41.4 Å². The molecule has 0 saturated carbocycles. The average Bonchev–Trinajstić information content (AvgIpc) is 2.36. The molecule has 6 nitrogen and oxygen atoms in total. The van der Waals surface area contributed by atoms with E-state index in [1.165, 1.54) is 6.07 Å². The van der Waals surface area contributed by atoms with Crippen molar-refractivity contribution in [3.8, 4) is 0 Å². The number of nitrogens with zero attached hydrogens (tertiary/aromatic N) is 2. The molecule has 0 fully saturated rings. The molecular formula is C12H14N4O2S. The first kappa shape index (κ1) is 13.3. The fourth-order valence-electron chi connectivity index (χ4n) is 1.49. The van der Waals surface area contributed by atoms with E-state index in [1.807, 2.05) is 30.3 Å². The van der Waals surface area contributed by atoms with Crippen molar-refractivity contribution >= 4 is 21.6 Å². The number of sulfone groups is 1. The Morgan fingerprint density at radius 1 is 1.21 bits per heavy atom. The number of nitrogen functional groups attached to an aromatic ring is 1. The fourth-order valence-corrected chi connectivity index (χ4v) is 2.08. The molecule has 1 heterocycles. The lowest BCUT2D eigenvalue weighted by Crippen LogP contribution is -2.09. The number of nitrogens with one attached hydrogen (secondary N) is 1. The molecule has 2 aromatic rings. The van der Waals surface area contributed by atoms with Gasteiger partial charge in [-0.15, -0.1) is 0 Å². The molecule has 0 bridgehead atoms. The first-order chi connectivity index (χ1) is 8.95. The van der Waals surface area contributed by atoms with Crippen LogP contribution in [0, 0.1) is 0 Å². The van der Waals surface area contributed by atoms with Crippen molar-refractivity contribution in [1.29, 1.82) is 0 Å². The number of rotatable bonds is 4. The molecule has 2 rings (SSSR count). The van der Waals surface area contributed by atoms with Gasteiger partial charge in [-0.3, -0.25) is 0 Å². The van der Waals surface area contributed by atoms with Gasteiger partial charge in [0.15, 0.2) is 14.9 Å². The summed E-state index contributed by atoms with van der Waals surface area (Å²) in [6.07, 6.45) is 1.08. The van der Waals surface area contributed by atoms with Crippen LogP contribution < -0.4 is 11.1 Å². The summed E-state index contributed by atoms with van der Waals surface area (Å²) in [5.41, 5.74) is 6.61. The normalized spacial score (nSPS) is 11.2. The van der Waals surface area contributed by atoms with E-state index in [9.17, 15) is 8.42 Å². The highest BCUT2D eigenvalue weighted by Crippen LogP contribution is 2.12. The van der Waals surface area contributed by atoms with Gasteiger partial charge in [0.05, 0.1) is 0 Å². The molecule has 0 unspecified atom stereocenters. The van der Waals surface area contributed by atoms with E-state index in [0.29, 0.717) is 6.54 Å². The lowest BCUT2D eigenvalue weighted by atomic mass is 10.2. The number of benzene rings is 1. The topological polar surface area (TPSA) is 98.0 Å². The number of nitrogens with two attached hydrogens (primary N) is 1. The largest absolute Gasteiger partial charge is 0.383 e. The third kappa shape index (κ3) is 3.65. The van der Waals surface area contributed by atoms with Gasteiger partial charge in [0.1, 0.15) is 5.82 Å². The first-order valence-corrected chi connectivity index (χ1v) is 7.47. The van der Waals surface area contributed by atoms with Crippen molar-refractivity contribution < 1.29 is 8.42 Å². The molecule has 0 amide bonds. The Kier molecular flexibility index (Phi) is 3.66. The zero-order chi connectivity index (χ0) is 13.9. The van der Waals surface area contributed by atoms with Gasteiger partial charge in [-0.2, -0.15) is 4.98 Å². The van der Waals surface area contributed by atoms with E-state index in [4.69, 9.17) is 5.73 Å². The summed E-state index contributed by atoms with van der Waals surface area (Å²) in [6.45, 7) is 0.494. The summed E-state index contributed by atoms with van der Waals surface area (Å²) in [4.78, 5) is 7.88. The van der Waals surface area contributed by atoms with Crippen molar-refractivity contribution in [1.82, 2.24) is 9.97 Å². The minimum Gasteiger partial charge on any atom is -0.383 e. The SMILES string of the molecule is CS(=O)(=O)c1cc(N)nc(NCc2ccccc2)n1. The maximum atomic E-state index is 11.4. The molecule has 3 N–H and O–H groups in total. The molecule has 7 heteroatoms. The zero-order valence-electron chi connectivity index (χ0n) is 10.4. The van der Waals surface area contributed by atoms with Crippen LogP contribution in [-0.4, -0.2) is 24.6 Å². The number of hydrogen-bond donors (Lipinski definition) is 2. The third-order valence-electron chi connectivity index (χ3n) is 2.40. The van der Waals surface area contributed by atoms with Crippen LogP contribution >= 0.6 is 0 Å². The maximum absolute atomic E-state index is 11.4. The van der Waals surface area contributed by atoms with Crippen molar-refractivity contribution in [2.75, 3.05) is 17.3 Å². The van der Waals surface area contributed by atoms with Crippen molar-refractivity contribution in [3.63, 3.8) is 0 Å². The van der Waals surface area contributed by atoms with E-state index in [-0.39, 0.29) is 16.8 Å². The molecule has 0 atom stereocenters. The summed E-state index contributed by atoms with van der Waals surface area (Å²) in [5, 5.41) is 2.86. The molecule has 0 aliphatic rings. The second-order valence-electron chi connectivity index (χ2n) is 4.07. The van der Waals surface area contributed by atoms with E-state index in [2.05, 4.69) is 15.3 Å². The first-order valence-electron chi connectivity index (χ1n) is 5.57. The van der Waals surface area contributed by atoms with Gasteiger partial charge in [0, 0.05) is 18.9 Å². The van der Waals surface area contributed by atoms with Gasteiger partial charge in [-0.05, 0) is 5.56 Å². The Bertz CT molecular complexity index is 671. The van der Waals surface area contributed by atoms with E-state index in [0.717, 1.165) is 11.8 Å². The summed E-state index contributed by atoms with van der Waals surface area (Å²) in [7, 11) is -3.40.